The standard InChI is InChI=1S/C17H21N3/c18-16-6-3-9-20(13-7-8-13)17(16)15-11-19-10-12-4-1-2-5-14(12)15/h1-2,4-5,10-11,13,16-17H,3,6-9,18H2. The van der Waals surface area contributed by atoms with Gasteiger partial charge in [-0.2, -0.15) is 0 Å². The lowest BCUT2D eigenvalue weighted by Gasteiger charge is -2.40. The molecule has 20 heavy (non-hydrogen) atoms. The zero-order valence-corrected chi connectivity index (χ0v) is 11.7. The normalized spacial score (nSPS) is 27.9. The molecule has 0 bridgehead atoms. The molecule has 0 radical (unpaired) electrons. The van der Waals surface area contributed by atoms with Gasteiger partial charge in [-0.25, -0.2) is 0 Å². The summed E-state index contributed by atoms with van der Waals surface area (Å²) in [7, 11) is 0. The Hall–Kier alpha value is -1.45. The summed E-state index contributed by atoms with van der Waals surface area (Å²) in [5, 5.41) is 2.54. The van der Waals surface area contributed by atoms with Crippen LogP contribution in [0, 0.1) is 0 Å². The van der Waals surface area contributed by atoms with E-state index in [4.69, 9.17) is 5.73 Å². The monoisotopic (exact) mass is 267 g/mol. The maximum absolute atomic E-state index is 6.49. The lowest BCUT2D eigenvalue weighted by molar-refractivity contribution is 0.120. The largest absolute Gasteiger partial charge is 0.326 e. The van der Waals surface area contributed by atoms with E-state index >= 15 is 0 Å². The number of hydrogen-bond acceptors (Lipinski definition) is 3. The van der Waals surface area contributed by atoms with Crippen molar-refractivity contribution < 1.29 is 0 Å². The van der Waals surface area contributed by atoms with Gasteiger partial charge in [-0.05, 0) is 43.2 Å². The van der Waals surface area contributed by atoms with Gasteiger partial charge in [0.2, 0.25) is 0 Å². The molecule has 2 unspecified atom stereocenters. The van der Waals surface area contributed by atoms with Gasteiger partial charge in [-0.3, -0.25) is 9.88 Å². The van der Waals surface area contributed by atoms with Crippen molar-refractivity contribution in [3.63, 3.8) is 0 Å². The molecule has 1 saturated carbocycles. The predicted molar refractivity (Wildman–Crippen MR) is 81.4 cm³/mol. The lowest BCUT2D eigenvalue weighted by atomic mass is 9.89. The second-order valence-corrected chi connectivity index (χ2v) is 6.17. The van der Waals surface area contributed by atoms with E-state index in [9.17, 15) is 0 Å². The quantitative estimate of drug-likeness (QED) is 0.909. The topological polar surface area (TPSA) is 42.1 Å². The minimum absolute atomic E-state index is 0.233. The summed E-state index contributed by atoms with van der Waals surface area (Å²) < 4.78 is 0. The number of likely N-dealkylation sites (tertiary alicyclic amines) is 1. The molecule has 1 aliphatic carbocycles. The highest BCUT2D eigenvalue weighted by molar-refractivity contribution is 5.85. The molecule has 2 atom stereocenters. The first kappa shape index (κ1) is 12.3. The molecule has 2 N–H and O–H groups in total. The van der Waals surface area contributed by atoms with E-state index < -0.39 is 0 Å². The predicted octanol–water partition coefficient (Wildman–Crippen LogP) is 2.86. The molecule has 1 aromatic heterocycles. The zero-order valence-electron chi connectivity index (χ0n) is 11.7. The van der Waals surface area contributed by atoms with Gasteiger partial charge in [0.05, 0.1) is 6.04 Å². The lowest BCUT2D eigenvalue weighted by Crippen LogP contribution is -2.46. The Labute approximate surface area is 119 Å². The number of benzene rings is 1. The maximum Gasteiger partial charge on any atom is 0.0523 e. The smallest absolute Gasteiger partial charge is 0.0523 e. The third kappa shape index (κ3) is 2.02. The number of nitrogens with zero attached hydrogens (tertiary/aromatic N) is 2. The van der Waals surface area contributed by atoms with Crippen molar-refractivity contribution in [2.75, 3.05) is 6.54 Å². The van der Waals surface area contributed by atoms with Gasteiger partial charge in [0.15, 0.2) is 0 Å². The van der Waals surface area contributed by atoms with Crippen molar-refractivity contribution in [1.29, 1.82) is 0 Å². The number of fused-ring (bicyclic) bond motifs is 1. The van der Waals surface area contributed by atoms with Crippen LogP contribution in [0.5, 0.6) is 0 Å². The van der Waals surface area contributed by atoms with Crippen LogP contribution in [0.1, 0.15) is 37.3 Å². The van der Waals surface area contributed by atoms with Gasteiger partial charge in [0.25, 0.3) is 0 Å². The van der Waals surface area contributed by atoms with Crippen LogP contribution >= 0.6 is 0 Å². The van der Waals surface area contributed by atoms with E-state index in [0.29, 0.717) is 6.04 Å². The first-order valence-corrected chi connectivity index (χ1v) is 7.68. The van der Waals surface area contributed by atoms with Crippen molar-refractivity contribution in [2.24, 2.45) is 5.73 Å². The highest BCUT2D eigenvalue weighted by Gasteiger charge is 2.39. The van der Waals surface area contributed by atoms with E-state index in [1.165, 1.54) is 42.1 Å². The van der Waals surface area contributed by atoms with Gasteiger partial charge in [0, 0.05) is 29.9 Å². The number of pyridine rings is 1. The van der Waals surface area contributed by atoms with Crippen LogP contribution in [-0.2, 0) is 0 Å². The van der Waals surface area contributed by atoms with Crippen molar-refractivity contribution >= 4 is 10.8 Å². The SMILES string of the molecule is NC1CCCN(C2CC2)C1c1cncc2ccccc12. The summed E-state index contributed by atoms with van der Waals surface area (Å²) >= 11 is 0. The summed E-state index contributed by atoms with van der Waals surface area (Å²) in [6, 6.07) is 9.87. The molecule has 3 nitrogen and oxygen atoms in total. The van der Waals surface area contributed by atoms with Crippen LogP contribution < -0.4 is 5.73 Å². The first-order valence-electron chi connectivity index (χ1n) is 7.68. The van der Waals surface area contributed by atoms with Gasteiger partial charge in [-0.1, -0.05) is 24.3 Å². The molecule has 104 valence electrons. The van der Waals surface area contributed by atoms with Crippen molar-refractivity contribution in [2.45, 2.75) is 43.8 Å². The van der Waals surface area contributed by atoms with Gasteiger partial charge >= 0.3 is 0 Å². The van der Waals surface area contributed by atoms with E-state index in [2.05, 4.69) is 34.1 Å². The number of hydrogen-bond donors (Lipinski definition) is 1. The minimum atomic E-state index is 0.233. The second-order valence-electron chi connectivity index (χ2n) is 6.17. The van der Waals surface area contributed by atoms with E-state index in [0.717, 1.165) is 12.5 Å². The summed E-state index contributed by atoms with van der Waals surface area (Å²) in [5.41, 5.74) is 7.81. The molecular formula is C17H21N3. The Morgan fingerprint density at radius 3 is 2.80 bits per heavy atom. The fourth-order valence-corrected chi connectivity index (χ4v) is 3.65. The highest BCUT2D eigenvalue weighted by atomic mass is 15.2. The molecule has 0 spiro atoms. The third-order valence-electron chi connectivity index (χ3n) is 4.75. The van der Waals surface area contributed by atoms with Crippen LogP contribution in [0.25, 0.3) is 10.8 Å². The third-order valence-corrected chi connectivity index (χ3v) is 4.75. The molecule has 1 aromatic carbocycles. The summed E-state index contributed by atoms with van der Waals surface area (Å²) in [6.07, 6.45) is 9.01. The fraction of sp³-hybridized carbons (Fsp3) is 0.471. The summed E-state index contributed by atoms with van der Waals surface area (Å²) in [5.74, 6) is 0. The van der Waals surface area contributed by atoms with Crippen molar-refractivity contribution in [3.05, 3.63) is 42.2 Å². The minimum Gasteiger partial charge on any atom is -0.326 e. The Bertz CT molecular complexity index is 615. The highest BCUT2D eigenvalue weighted by Crippen LogP contribution is 2.40. The van der Waals surface area contributed by atoms with E-state index in [-0.39, 0.29) is 6.04 Å². The molecular weight excluding hydrogens is 246 g/mol. The number of rotatable bonds is 2. The number of aromatic nitrogens is 1. The molecule has 2 heterocycles. The van der Waals surface area contributed by atoms with Crippen LogP contribution in [0.4, 0.5) is 0 Å². The average molecular weight is 267 g/mol. The van der Waals surface area contributed by atoms with Crippen LogP contribution in [-0.4, -0.2) is 28.5 Å². The number of piperidine rings is 1. The Balaban J connectivity index is 1.82. The Morgan fingerprint density at radius 2 is 1.95 bits per heavy atom. The number of nitrogens with two attached hydrogens (primary N) is 1. The van der Waals surface area contributed by atoms with Gasteiger partial charge in [-0.15, -0.1) is 0 Å². The van der Waals surface area contributed by atoms with Crippen LogP contribution in [0.3, 0.4) is 0 Å². The zero-order chi connectivity index (χ0) is 13.5. The van der Waals surface area contributed by atoms with E-state index in [1.807, 2.05) is 12.4 Å². The van der Waals surface area contributed by atoms with Gasteiger partial charge in [0.1, 0.15) is 0 Å². The molecule has 2 aromatic rings. The Kier molecular flexibility index (Phi) is 2.97. The van der Waals surface area contributed by atoms with Crippen LogP contribution in [0.15, 0.2) is 36.7 Å². The molecule has 4 rings (SSSR count). The second kappa shape index (κ2) is 4.83. The Morgan fingerprint density at radius 1 is 1.10 bits per heavy atom. The van der Waals surface area contributed by atoms with Crippen molar-refractivity contribution in [1.82, 2.24) is 9.88 Å². The molecule has 2 fully saturated rings. The maximum atomic E-state index is 6.49. The molecule has 3 heteroatoms. The van der Waals surface area contributed by atoms with Gasteiger partial charge < -0.3 is 5.73 Å². The summed E-state index contributed by atoms with van der Waals surface area (Å²) in [4.78, 5) is 7.09. The molecule has 1 aliphatic heterocycles. The average Bonchev–Trinajstić information content (AvgIpc) is 3.31. The molecule has 2 aliphatic rings. The molecule has 0 amide bonds. The van der Waals surface area contributed by atoms with Crippen molar-refractivity contribution in [3.8, 4) is 0 Å². The summed E-state index contributed by atoms with van der Waals surface area (Å²) in [6.45, 7) is 1.19. The van der Waals surface area contributed by atoms with Crippen LogP contribution in [0.2, 0.25) is 0 Å². The fourth-order valence-electron chi connectivity index (χ4n) is 3.65. The van der Waals surface area contributed by atoms with E-state index in [1.54, 1.807) is 0 Å². The molecule has 1 saturated heterocycles. The first-order chi connectivity index (χ1) is 9.84.